The van der Waals surface area contributed by atoms with Crippen molar-refractivity contribution in [3.63, 3.8) is 0 Å². The van der Waals surface area contributed by atoms with Gasteiger partial charge in [0.15, 0.2) is 0 Å². The molecule has 0 aliphatic rings. The summed E-state index contributed by atoms with van der Waals surface area (Å²) in [6, 6.07) is 5.46. The Balaban J connectivity index is 2.55. The van der Waals surface area contributed by atoms with Crippen molar-refractivity contribution in [3.05, 3.63) is 21.3 Å². The summed E-state index contributed by atoms with van der Waals surface area (Å²) in [5.41, 5.74) is -0.545. The maximum Gasteiger partial charge on any atom is 0.261 e. The zero-order valence-electron chi connectivity index (χ0n) is 8.50. The molecule has 0 unspecified atom stereocenters. The van der Waals surface area contributed by atoms with Gasteiger partial charge in [0, 0.05) is 6.54 Å². The monoisotopic (exact) mass is 242 g/mol. The van der Waals surface area contributed by atoms with Gasteiger partial charge in [-0.05, 0) is 26.0 Å². The van der Waals surface area contributed by atoms with Gasteiger partial charge in [-0.1, -0.05) is 11.6 Å². The van der Waals surface area contributed by atoms with E-state index in [-0.39, 0.29) is 5.91 Å². The van der Waals surface area contributed by atoms with Gasteiger partial charge in [0.25, 0.3) is 5.91 Å². The molecule has 1 N–H and O–H groups in total. The van der Waals surface area contributed by atoms with Gasteiger partial charge in [-0.2, -0.15) is 5.26 Å². The molecule has 0 aromatic carbocycles. The van der Waals surface area contributed by atoms with Gasteiger partial charge in [0.05, 0.1) is 20.7 Å². The van der Waals surface area contributed by atoms with Crippen molar-refractivity contribution < 1.29 is 4.79 Å². The number of carbonyl (C=O) groups is 1. The van der Waals surface area contributed by atoms with Crippen molar-refractivity contribution in [2.45, 2.75) is 13.8 Å². The first-order chi connectivity index (χ1) is 6.94. The molecular formula is C10H11ClN2OS. The van der Waals surface area contributed by atoms with Crippen LogP contribution in [0.4, 0.5) is 0 Å². The minimum atomic E-state index is -0.545. The first-order valence-corrected chi connectivity index (χ1v) is 5.59. The molecular weight excluding hydrogens is 232 g/mol. The van der Waals surface area contributed by atoms with Crippen LogP contribution in [0.3, 0.4) is 0 Å². The van der Waals surface area contributed by atoms with Crippen molar-refractivity contribution in [1.29, 1.82) is 5.26 Å². The molecule has 0 bridgehead atoms. The van der Waals surface area contributed by atoms with Crippen molar-refractivity contribution in [2.75, 3.05) is 6.54 Å². The topological polar surface area (TPSA) is 52.9 Å². The third-order valence-corrected chi connectivity index (χ3v) is 3.02. The Morgan fingerprint density at radius 2 is 2.33 bits per heavy atom. The maximum absolute atomic E-state index is 11.6. The molecule has 1 aromatic heterocycles. The summed E-state index contributed by atoms with van der Waals surface area (Å²) in [7, 11) is 0. The Labute approximate surface area is 97.7 Å². The number of nitrogens with one attached hydrogen (secondary N) is 1. The van der Waals surface area contributed by atoms with Crippen LogP contribution in [-0.2, 0) is 0 Å². The number of hydrogen-bond acceptors (Lipinski definition) is 3. The molecule has 0 saturated carbocycles. The quantitative estimate of drug-likeness (QED) is 0.886. The van der Waals surface area contributed by atoms with Crippen LogP contribution in [-0.4, -0.2) is 12.5 Å². The average Bonchev–Trinajstić information content (AvgIpc) is 2.61. The highest BCUT2D eigenvalue weighted by atomic mass is 35.5. The molecule has 0 atom stereocenters. The molecule has 3 nitrogen and oxygen atoms in total. The van der Waals surface area contributed by atoms with E-state index in [9.17, 15) is 4.79 Å². The van der Waals surface area contributed by atoms with Crippen LogP contribution < -0.4 is 5.32 Å². The summed E-state index contributed by atoms with van der Waals surface area (Å²) < 4.78 is 0.583. The lowest BCUT2D eigenvalue weighted by molar-refractivity contribution is 0.0948. The number of thiophene rings is 1. The standard InChI is InChI=1S/C10H11ClN2OS/c1-10(2,5-12)6-13-9(14)7-3-4-8(11)15-7/h3-4H,6H2,1-2H3,(H,13,14). The van der Waals surface area contributed by atoms with E-state index in [2.05, 4.69) is 11.4 Å². The number of nitrogens with zero attached hydrogens (tertiary/aromatic N) is 1. The van der Waals surface area contributed by atoms with Crippen LogP contribution in [0.15, 0.2) is 12.1 Å². The molecule has 0 aliphatic carbocycles. The minimum absolute atomic E-state index is 0.185. The molecule has 0 aliphatic heterocycles. The zero-order valence-corrected chi connectivity index (χ0v) is 10.1. The highest BCUT2D eigenvalue weighted by Gasteiger charge is 2.18. The molecule has 15 heavy (non-hydrogen) atoms. The highest BCUT2D eigenvalue weighted by molar-refractivity contribution is 7.17. The Hall–Kier alpha value is -1.05. The molecule has 5 heteroatoms. The fourth-order valence-corrected chi connectivity index (χ4v) is 1.82. The van der Waals surface area contributed by atoms with E-state index in [1.165, 1.54) is 11.3 Å². The van der Waals surface area contributed by atoms with Crippen LogP contribution in [0.2, 0.25) is 4.34 Å². The van der Waals surface area contributed by atoms with Crippen molar-refractivity contribution in [2.24, 2.45) is 5.41 Å². The second-order valence-corrected chi connectivity index (χ2v) is 5.50. The molecule has 1 heterocycles. The van der Waals surface area contributed by atoms with Gasteiger partial charge in [-0.15, -0.1) is 11.3 Å². The van der Waals surface area contributed by atoms with Gasteiger partial charge < -0.3 is 5.32 Å². The molecule has 0 radical (unpaired) electrons. The number of nitriles is 1. The van der Waals surface area contributed by atoms with Gasteiger partial charge >= 0.3 is 0 Å². The Morgan fingerprint density at radius 3 is 2.80 bits per heavy atom. The third kappa shape index (κ3) is 3.54. The second kappa shape index (κ2) is 4.65. The normalized spacial score (nSPS) is 10.8. The summed E-state index contributed by atoms with van der Waals surface area (Å²) in [5.74, 6) is -0.185. The van der Waals surface area contributed by atoms with E-state index in [1.807, 2.05) is 0 Å². The summed E-state index contributed by atoms with van der Waals surface area (Å²) >= 11 is 6.93. The van der Waals surface area contributed by atoms with Crippen molar-refractivity contribution >= 4 is 28.8 Å². The molecule has 1 rings (SSSR count). The zero-order chi connectivity index (χ0) is 11.5. The van der Waals surface area contributed by atoms with E-state index in [4.69, 9.17) is 16.9 Å². The summed E-state index contributed by atoms with van der Waals surface area (Å²) in [6.45, 7) is 3.88. The van der Waals surface area contributed by atoms with Crippen molar-refractivity contribution in [3.8, 4) is 6.07 Å². The van der Waals surface area contributed by atoms with E-state index in [0.717, 1.165) is 0 Å². The van der Waals surface area contributed by atoms with Gasteiger partial charge in [-0.25, -0.2) is 0 Å². The summed E-state index contributed by atoms with van der Waals surface area (Å²) in [5, 5.41) is 11.5. The number of carbonyl (C=O) groups excluding carboxylic acids is 1. The summed E-state index contributed by atoms with van der Waals surface area (Å²) in [6.07, 6.45) is 0. The number of hydrogen-bond donors (Lipinski definition) is 1. The SMILES string of the molecule is CC(C)(C#N)CNC(=O)c1ccc(Cl)s1. The lowest BCUT2D eigenvalue weighted by atomic mass is 9.96. The molecule has 80 valence electrons. The Kier molecular flexibility index (Phi) is 3.72. The summed E-state index contributed by atoms with van der Waals surface area (Å²) in [4.78, 5) is 12.1. The van der Waals surface area contributed by atoms with E-state index in [0.29, 0.717) is 15.8 Å². The number of rotatable bonds is 3. The fourth-order valence-electron chi connectivity index (χ4n) is 0.864. The van der Waals surface area contributed by atoms with Crippen LogP contribution in [0, 0.1) is 16.7 Å². The van der Waals surface area contributed by atoms with Crippen LogP contribution in [0.25, 0.3) is 0 Å². The predicted octanol–water partition coefficient (Wildman–Crippen LogP) is 2.68. The molecule has 1 amide bonds. The molecule has 0 saturated heterocycles. The van der Waals surface area contributed by atoms with Gasteiger partial charge in [0.2, 0.25) is 0 Å². The molecule has 0 fully saturated rings. The maximum atomic E-state index is 11.6. The predicted molar refractivity (Wildman–Crippen MR) is 61.1 cm³/mol. The first-order valence-electron chi connectivity index (χ1n) is 4.39. The van der Waals surface area contributed by atoms with Crippen LogP contribution >= 0.6 is 22.9 Å². The second-order valence-electron chi connectivity index (χ2n) is 3.78. The smallest absolute Gasteiger partial charge is 0.261 e. The largest absolute Gasteiger partial charge is 0.350 e. The van der Waals surface area contributed by atoms with Crippen LogP contribution in [0.5, 0.6) is 0 Å². The highest BCUT2D eigenvalue weighted by Crippen LogP contribution is 2.21. The number of amides is 1. The molecule has 0 spiro atoms. The fraction of sp³-hybridized carbons (Fsp3) is 0.400. The minimum Gasteiger partial charge on any atom is -0.350 e. The van der Waals surface area contributed by atoms with E-state index >= 15 is 0 Å². The van der Waals surface area contributed by atoms with Gasteiger partial charge in [0.1, 0.15) is 0 Å². The van der Waals surface area contributed by atoms with Crippen LogP contribution in [0.1, 0.15) is 23.5 Å². The Bertz CT molecular complexity index is 406. The lowest BCUT2D eigenvalue weighted by Gasteiger charge is -2.15. The van der Waals surface area contributed by atoms with E-state index in [1.54, 1.807) is 26.0 Å². The van der Waals surface area contributed by atoms with E-state index < -0.39 is 5.41 Å². The Morgan fingerprint density at radius 1 is 1.67 bits per heavy atom. The third-order valence-electron chi connectivity index (χ3n) is 1.79. The van der Waals surface area contributed by atoms with Crippen molar-refractivity contribution in [1.82, 2.24) is 5.32 Å². The molecule has 1 aromatic rings. The number of halogens is 1. The lowest BCUT2D eigenvalue weighted by Crippen LogP contribution is -2.32. The average molecular weight is 243 g/mol. The van der Waals surface area contributed by atoms with Gasteiger partial charge in [-0.3, -0.25) is 4.79 Å². The first kappa shape index (κ1) is 12.0.